The minimum atomic E-state index is 1.08. The van der Waals surface area contributed by atoms with Crippen LogP contribution in [0.1, 0.15) is 50.0 Å². The second kappa shape index (κ2) is 4.45. The lowest BCUT2D eigenvalue weighted by Crippen LogP contribution is -1.85. The molecule has 0 saturated carbocycles. The van der Waals surface area contributed by atoms with Crippen LogP contribution in [0.5, 0.6) is 0 Å². The summed E-state index contributed by atoms with van der Waals surface area (Å²) >= 11 is 0. The Morgan fingerprint density at radius 3 is 2.46 bits per heavy atom. The molecule has 0 aromatic carbocycles. The number of nitrogens with zero attached hydrogens (tertiary/aromatic N) is 1. The van der Waals surface area contributed by atoms with Crippen molar-refractivity contribution in [3.63, 3.8) is 0 Å². The molecule has 0 radical (unpaired) electrons. The van der Waals surface area contributed by atoms with E-state index in [1.807, 2.05) is 0 Å². The average Bonchev–Trinajstić information content (AvgIpc) is 2.52. The van der Waals surface area contributed by atoms with E-state index in [0.717, 1.165) is 24.3 Å². The van der Waals surface area contributed by atoms with E-state index < -0.39 is 0 Å². The average molecular weight is 179 g/mol. The van der Waals surface area contributed by atoms with E-state index in [1.165, 1.54) is 38.5 Å². The molecule has 1 aromatic heterocycles. The number of fused-ring (bicyclic) bond motifs is 2. The topological polar surface area (TPSA) is 26.0 Å². The van der Waals surface area contributed by atoms with Crippen molar-refractivity contribution < 1.29 is 4.52 Å². The fraction of sp³-hybridized carbons (Fsp3) is 0.727. The Hall–Kier alpha value is -0.790. The van der Waals surface area contributed by atoms with Crippen LogP contribution in [-0.4, -0.2) is 5.16 Å². The summed E-state index contributed by atoms with van der Waals surface area (Å²) in [5.74, 6) is 1.08. The summed E-state index contributed by atoms with van der Waals surface area (Å²) in [5, 5.41) is 4.06. The van der Waals surface area contributed by atoms with E-state index in [9.17, 15) is 0 Å². The molecule has 0 aliphatic heterocycles. The van der Waals surface area contributed by atoms with E-state index in [-0.39, 0.29) is 0 Å². The Morgan fingerprint density at radius 1 is 0.923 bits per heavy atom. The van der Waals surface area contributed by atoms with Gasteiger partial charge in [0.05, 0.1) is 5.69 Å². The Bertz CT molecular complexity index is 230. The molecule has 1 heterocycles. The van der Waals surface area contributed by atoms with Crippen LogP contribution >= 0.6 is 0 Å². The lowest BCUT2D eigenvalue weighted by Gasteiger charge is -1.99. The Balaban J connectivity index is 1.99. The molecular formula is C11H17NO. The van der Waals surface area contributed by atoms with Crippen molar-refractivity contribution in [2.45, 2.75) is 51.4 Å². The standard InChI is InChI=1S/C11H17NO/c1-2-4-6-8-11-9-10(12-13-11)7-5-3-1/h9H,1-8H2. The van der Waals surface area contributed by atoms with E-state index in [0.29, 0.717) is 0 Å². The van der Waals surface area contributed by atoms with Crippen molar-refractivity contribution in [3.05, 3.63) is 17.5 Å². The molecule has 13 heavy (non-hydrogen) atoms. The number of rotatable bonds is 0. The van der Waals surface area contributed by atoms with E-state index in [1.54, 1.807) is 0 Å². The molecule has 0 amide bonds. The Morgan fingerprint density at radius 2 is 1.62 bits per heavy atom. The zero-order chi connectivity index (χ0) is 8.93. The van der Waals surface area contributed by atoms with Crippen LogP contribution in [0.25, 0.3) is 0 Å². The zero-order valence-electron chi connectivity index (χ0n) is 8.09. The monoisotopic (exact) mass is 179 g/mol. The first kappa shape index (κ1) is 8.79. The molecule has 72 valence electrons. The SMILES string of the molecule is c1c2noc1CCCCCCCC2. The third-order valence-electron chi connectivity index (χ3n) is 2.71. The van der Waals surface area contributed by atoms with E-state index in [2.05, 4.69) is 11.2 Å². The minimum Gasteiger partial charge on any atom is -0.361 e. The Labute approximate surface area is 79.3 Å². The normalized spacial score (nSPS) is 19.4. The van der Waals surface area contributed by atoms with E-state index >= 15 is 0 Å². The maximum Gasteiger partial charge on any atom is 0.137 e. The lowest BCUT2D eigenvalue weighted by atomic mass is 10.1. The fourth-order valence-corrected chi connectivity index (χ4v) is 1.90. The first-order valence-corrected chi connectivity index (χ1v) is 5.39. The third-order valence-corrected chi connectivity index (χ3v) is 2.71. The summed E-state index contributed by atoms with van der Waals surface area (Å²) in [5.41, 5.74) is 1.15. The summed E-state index contributed by atoms with van der Waals surface area (Å²) in [6.07, 6.45) is 10.2. The quantitative estimate of drug-likeness (QED) is 0.611. The second-order valence-electron chi connectivity index (χ2n) is 3.91. The van der Waals surface area contributed by atoms with Gasteiger partial charge in [0.1, 0.15) is 5.76 Å². The number of aromatic nitrogens is 1. The van der Waals surface area contributed by atoms with Crippen LogP contribution in [0, 0.1) is 0 Å². The van der Waals surface area contributed by atoms with Gasteiger partial charge in [-0.2, -0.15) is 0 Å². The maximum absolute atomic E-state index is 5.24. The second-order valence-corrected chi connectivity index (χ2v) is 3.91. The van der Waals surface area contributed by atoms with Crippen molar-refractivity contribution in [3.8, 4) is 0 Å². The van der Waals surface area contributed by atoms with Crippen molar-refractivity contribution in [2.75, 3.05) is 0 Å². The molecule has 1 aromatic rings. The van der Waals surface area contributed by atoms with Gasteiger partial charge in [-0.15, -0.1) is 0 Å². The van der Waals surface area contributed by atoms with Crippen LogP contribution in [0.2, 0.25) is 0 Å². The van der Waals surface area contributed by atoms with Crippen LogP contribution in [0.3, 0.4) is 0 Å². The third kappa shape index (κ3) is 2.58. The molecular weight excluding hydrogens is 162 g/mol. The van der Waals surface area contributed by atoms with Gasteiger partial charge in [0.15, 0.2) is 0 Å². The van der Waals surface area contributed by atoms with Crippen LogP contribution < -0.4 is 0 Å². The van der Waals surface area contributed by atoms with Crippen molar-refractivity contribution in [2.24, 2.45) is 0 Å². The first-order chi connectivity index (χ1) is 6.45. The largest absolute Gasteiger partial charge is 0.361 e. The first-order valence-electron chi connectivity index (χ1n) is 5.39. The molecule has 2 heteroatoms. The van der Waals surface area contributed by atoms with Gasteiger partial charge in [-0.05, 0) is 19.3 Å². The van der Waals surface area contributed by atoms with Crippen LogP contribution in [0.15, 0.2) is 10.6 Å². The van der Waals surface area contributed by atoms with Gasteiger partial charge < -0.3 is 4.52 Å². The highest BCUT2D eigenvalue weighted by Crippen LogP contribution is 2.15. The van der Waals surface area contributed by atoms with Crippen molar-refractivity contribution in [1.82, 2.24) is 5.16 Å². The summed E-state index contributed by atoms with van der Waals surface area (Å²) in [7, 11) is 0. The molecule has 0 saturated heterocycles. The zero-order valence-corrected chi connectivity index (χ0v) is 8.09. The molecule has 1 aliphatic carbocycles. The van der Waals surface area contributed by atoms with Crippen molar-refractivity contribution in [1.29, 1.82) is 0 Å². The van der Waals surface area contributed by atoms with Gasteiger partial charge in [0, 0.05) is 12.5 Å². The molecule has 0 unspecified atom stereocenters. The van der Waals surface area contributed by atoms with E-state index in [4.69, 9.17) is 4.52 Å². The minimum absolute atomic E-state index is 1.08. The van der Waals surface area contributed by atoms with Crippen LogP contribution in [-0.2, 0) is 12.8 Å². The lowest BCUT2D eigenvalue weighted by molar-refractivity contribution is 0.370. The number of hydrogen-bond acceptors (Lipinski definition) is 2. The fourth-order valence-electron chi connectivity index (χ4n) is 1.90. The van der Waals surface area contributed by atoms with Gasteiger partial charge in [-0.25, -0.2) is 0 Å². The number of aryl methyl sites for hydroxylation is 2. The highest BCUT2D eigenvalue weighted by atomic mass is 16.5. The molecule has 0 atom stereocenters. The van der Waals surface area contributed by atoms with Gasteiger partial charge >= 0.3 is 0 Å². The van der Waals surface area contributed by atoms with Crippen molar-refractivity contribution >= 4 is 0 Å². The summed E-state index contributed by atoms with van der Waals surface area (Å²) in [6, 6.07) is 2.13. The van der Waals surface area contributed by atoms with Gasteiger partial charge in [-0.3, -0.25) is 0 Å². The molecule has 2 rings (SSSR count). The summed E-state index contributed by atoms with van der Waals surface area (Å²) in [4.78, 5) is 0. The molecule has 0 fully saturated rings. The Kier molecular flexibility index (Phi) is 3.01. The molecule has 0 N–H and O–H groups in total. The van der Waals surface area contributed by atoms with Gasteiger partial charge in [0.25, 0.3) is 0 Å². The highest BCUT2D eigenvalue weighted by Gasteiger charge is 2.05. The molecule has 2 bridgehead atoms. The molecule has 0 spiro atoms. The summed E-state index contributed by atoms with van der Waals surface area (Å²) < 4.78 is 5.24. The van der Waals surface area contributed by atoms with Crippen LogP contribution in [0.4, 0.5) is 0 Å². The smallest absolute Gasteiger partial charge is 0.137 e. The van der Waals surface area contributed by atoms with Gasteiger partial charge in [0.2, 0.25) is 0 Å². The number of hydrogen-bond donors (Lipinski definition) is 0. The summed E-state index contributed by atoms with van der Waals surface area (Å²) in [6.45, 7) is 0. The predicted octanol–water partition coefficient (Wildman–Crippen LogP) is 3.11. The molecule has 1 aliphatic rings. The predicted molar refractivity (Wildman–Crippen MR) is 51.6 cm³/mol. The molecule has 2 nitrogen and oxygen atoms in total. The highest BCUT2D eigenvalue weighted by molar-refractivity contribution is 5.05. The van der Waals surface area contributed by atoms with Gasteiger partial charge in [-0.1, -0.05) is 30.8 Å². The maximum atomic E-state index is 5.24.